The molecule has 0 aliphatic heterocycles. The SMILES string of the molecule is O=C(CCC(=O)NC1CCCC1)NCc1ccccc1CO. The zero-order valence-corrected chi connectivity index (χ0v) is 12.8. The predicted octanol–water partition coefficient (Wildman–Crippen LogP) is 1.63. The maximum atomic E-state index is 11.8. The van der Waals surface area contributed by atoms with Gasteiger partial charge in [-0.3, -0.25) is 9.59 Å². The number of aliphatic hydroxyl groups is 1. The number of aliphatic hydroxyl groups excluding tert-OH is 1. The van der Waals surface area contributed by atoms with Crippen LogP contribution in [0.2, 0.25) is 0 Å². The van der Waals surface area contributed by atoms with Crippen LogP contribution < -0.4 is 10.6 Å². The molecule has 0 radical (unpaired) electrons. The molecule has 120 valence electrons. The summed E-state index contributed by atoms with van der Waals surface area (Å²) in [5.41, 5.74) is 1.70. The van der Waals surface area contributed by atoms with E-state index in [2.05, 4.69) is 10.6 Å². The van der Waals surface area contributed by atoms with Crippen molar-refractivity contribution in [1.82, 2.24) is 10.6 Å². The summed E-state index contributed by atoms with van der Waals surface area (Å²) in [7, 11) is 0. The Labute approximate surface area is 131 Å². The molecule has 22 heavy (non-hydrogen) atoms. The van der Waals surface area contributed by atoms with E-state index in [9.17, 15) is 14.7 Å². The smallest absolute Gasteiger partial charge is 0.220 e. The Kier molecular flexibility index (Phi) is 6.40. The number of rotatable bonds is 7. The van der Waals surface area contributed by atoms with Crippen LogP contribution in [0.25, 0.3) is 0 Å². The number of hydrogen-bond donors (Lipinski definition) is 3. The molecule has 1 aromatic rings. The summed E-state index contributed by atoms with van der Waals surface area (Å²) in [4.78, 5) is 23.6. The van der Waals surface area contributed by atoms with Crippen LogP contribution in [0.1, 0.15) is 49.7 Å². The van der Waals surface area contributed by atoms with Crippen molar-refractivity contribution in [3.63, 3.8) is 0 Å². The first-order chi connectivity index (χ1) is 10.7. The van der Waals surface area contributed by atoms with Crippen molar-refractivity contribution in [2.24, 2.45) is 0 Å². The molecule has 0 aromatic heterocycles. The number of carbonyl (C=O) groups excluding carboxylic acids is 2. The number of hydrogen-bond acceptors (Lipinski definition) is 3. The Hall–Kier alpha value is -1.88. The normalized spacial score (nSPS) is 14.8. The van der Waals surface area contributed by atoms with E-state index in [-0.39, 0.29) is 31.3 Å². The van der Waals surface area contributed by atoms with Gasteiger partial charge in [0.15, 0.2) is 0 Å². The van der Waals surface area contributed by atoms with Crippen molar-refractivity contribution in [2.45, 2.75) is 57.7 Å². The standard InChI is InChI=1S/C17H24N2O3/c20-12-14-6-2-1-5-13(14)11-18-16(21)9-10-17(22)19-15-7-3-4-8-15/h1-2,5-6,15,20H,3-4,7-12H2,(H,18,21)(H,19,22). The lowest BCUT2D eigenvalue weighted by Gasteiger charge is -2.12. The Balaban J connectivity index is 1.68. The molecule has 0 unspecified atom stereocenters. The van der Waals surface area contributed by atoms with Gasteiger partial charge in [-0.2, -0.15) is 0 Å². The first kappa shape index (κ1) is 16.5. The molecule has 2 amide bonds. The van der Waals surface area contributed by atoms with Gasteiger partial charge in [0.05, 0.1) is 6.61 Å². The third-order valence-corrected chi connectivity index (χ3v) is 4.06. The van der Waals surface area contributed by atoms with Gasteiger partial charge in [-0.05, 0) is 24.0 Å². The molecule has 3 N–H and O–H groups in total. The maximum absolute atomic E-state index is 11.8. The molecule has 5 nitrogen and oxygen atoms in total. The number of benzene rings is 1. The Morgan fingerprint density at radius 2 is 1.68 bits per heavy atom. The van der Waals surface area contributed by atoms with E-state index in [0.29, 0.717) is 12.6 Å². The fraction of sp³-hybridized carbons (Fsp3) is 0.529. The second-order valence-electron chi connectivity index (χ2n) is 5.75. The van der Waals surface area contributed by atoms with Crippen LogP contribution >= 0.6 is 0 Å². The Morgan fingerprint density at radius 1 is 1.05 bits per heavy atom. The van der Waals surface area contributed by atoms with E-state index in [1.54, 1.807) is 0 Å². The number of nitrogens with one attached hydrogen (secondary N) is 2. The molecule has 0 saturated heterocycles. The van der Waals surface area contributed by atoms with E-state index in [4.69, 9.17) is 0 Å². The second-order valence-corrected chi connectivity index (χ2v) is 5.75. The van der Waals surface area contributed by atoms with Crippen LogP contribution in [0.5, 0.6) is 0 Å². The lowest BCUT2D eigenvalue weighted by molar-refractivity contribution is -0.126. The average Bonchev–Trinajstić information content (AvgIpc) is 3.04. The monoisotopic (exact) mass is 304 g/mol. The molecule has 0 heterocycles. The second kappa shape index (κ2) is 8.54. The van der Waals surface area contributed by atoms with Gasteiger partial charge < -0.3 is 15.7 Å². The van der Waals surface area contributed by atoms with Crippen LogP contribution in [0.4, 0.5) is 0 Å². The third-order valence-electron chi connectivity index (χ3n) is 4.06. The molecule has 1 aromatic carbocycles. The van der Waals surface area contributed by atoms with Crippen molar-refractivity contribution in [3.05, 3.63) is 35.4 Å². The van der Waals surface area contributed by atoms with Crippen molar-refractivity contribution < 1.29 is 14.7 Å². The molecule has 2 rings (SSSR count). The summed E-state index contributed by atoms with van der Waals surface area (Å²) in [6, 6.07) is 7.72. The van der Waals surface area contributed by atoms with Crippen molar-refractivity contribution in [2.75, 3.05) is 0 Å². The maximum Gasteiger partial charge on any atom is 0.220 e. The Morgan fingerprint density at radius 3 is 2.36 bits per heavy atom. The molecular formula is C17H24N2O3. The van der Waals surface area contributed by atoms with Gasteiger partial charge in [-0.15, -0.1) is 0 Å². The van der Waals surface area contributed by atoms with Crippen molar-refractivity contribution in [3.8, 4) is 0 Å². The van der Waals surface area contributed by atoms with Crippen LogP contribution in [-0.2, 0) is 22.7 Å². The van der Waals surface area contributed by atoms with Crippen LogP contribution in [0, 0.1) is 0 Å². The molecule has 5 heteroatoms. The van der Waals surface area contributed by atoms with E-state index in [1.807, 2.05) is 24.3 Å². The largest absolute Gasteiger partial charge is 0.392 e. The summed E-state index contributed by atoms with van der Waals surface area (Å²) < 4.78 is 0. The van der Waals surface area contributed by atoms with Crippen LogP contribution in [0.3, 0.4) is 0 Å². The third kappa shape index (κ3) is 5.15. The highest BCUT2D eigenvalue weighted by Crippen LogP contribution is 2.17. The van der Waals surface area contributed by atoms with E-state index >= 15 is 0 Å². The zero-order chi connectivity index (χ0) is 15.8. The average molecular weight is 304 g/mol. The minimum absolute atomic E-state index is 0.0437. The first-order valence-electron chi connectivity index (χ1n) is 7.92. The summed E-state index contributed by atoms with van der Waals surface area (Å²) in [6.45, 7) is 0.329. The van der Waals surface area contributed by atoms with E-state index in [1.165, 1.54) is 12.8 Å². The van der Waals surface area contributed by atoms with Gasteiger partial charge in [-0.25, -0.2) is 0 Å². The molecule has 0 bridgehead atoms. The molecule has 1 saturated carbocycles. The molecular weight excluding hydrogens is 280 g/mol. The minimum atomic E-state index is -0.144. The highest BCUT2D eigenvalue weighted by Gasteiger charge is 2.17. The van der Waals surface area contributed by atoms with Gasteiger partial charge in [0.2, 0.25) is 11.8 Å². The first-order valence-corrected chi connectivity index (χ1v) is 7.92. The molecule has 1 aliphatic carbocycles. The number of amides is 2. The number of carbonyl (C=O) groups is 2. The lowest BCUT2D eigenvalue weighted by atomic mass is 10.1. The van der Waals surface area contributed by atoms with Gasteiger partial charge in [0.1, 0.15) is 0 Å². The van der Waals surface area contributed by atoms with Crippen LogP contribution in [-0.4, -0.2) is 23.0 Å². The summed E-state index contributed by atoms with van der Waals surface area (Å²) in [5.74, 6) is -0.188. The fourth-order valence-electron chi connectivity index (χ4n) is 2.76. The topological polar surface area (TPSA) is 78.4 Å². The van der Waals surface area contributed by atoms with Crippen LogP contribution in [0.15, 0.2) is 24.3 Å². The Bertz CT molecular complexity index is 510. The lowest BCUT2D eigenvalue weighted by Crippen LogP contribution is -2.33. The van der Waals surface area contributed by atoms with Gasteiger partial charge in [-0.1, -0.05) is 37.1 Å². The minimum Gasteiger partial charge on any atom is -0.392 e. The summed E-state index contributed by atoms with van der Waals surface area (Å²) in [5, 5.41) is 15.0. The summed E-state index contributed by atoms with van der Waals surface area (Å²) in [6.07, 6.45) is 4.88. The quantitative estimate of drug-likeness (QED) is 0.716. The van der Waals surface area contributed by atoms with Gasteiger partial charge >= 0.3 is 0 Å². The summed E-state index contributed by atoms with van der Waals surface area (Å²) >= 11 is 0. The highest BCUT2D eigenvalue weighted by molar-refractivity contribution is 5.83. The predicted molar refractivity (Wildman–Crippen MR) is 83.8 cm³/mol. The molecule has 0 spiro atoms. The van der Waals surface area contributed by atoms with Crippen molar-refractivity contribution >= 4 is 11.8 Å². The van der Waals surface area contributed by atoms with Gasteiger partial charge in [0, 0.05) is 25.4 Å². The highest BCUT2D eigenvalue weighted by atomic mass is 16.3. The molecule has 0 atom stereocenters. The van der Waals surface area contributed by atoms with E-state index in [0.717, 1.165) is 24.0 Å². The molecule has 1 fully saturated rings. The van der Waals surface area contributed by atoms with Crippen molar-refractivity contribution in [1.29, 1.82) is 0 Å². The molecule has 1 aliphatic rings. The fourth-order valence-corrected chi connectivity index (χ4v) is 2.76. The zero-order valence-electron chi connectivity index (χ0n) is 12.8. The van der Waals surface area contributed by atoms with E-state index < -0.39 is 0 Å². The van der Waals surface area contributed by atoms with Gasteiger partial charge in [0.25, 0.3) is 0 Å².